The lowest BCUT2D eigenvalue weighted by Gasteiger charge is -2.10. The maximum atomic E-state index is 11.3. The zero-order valence-electron chi connectivity index (χ0n) is 11.4. The van der Waals surface area contributed by atoms with Crippen LogP contribution in [0, 0.1) is 0 Å². The van der Waals surface area contributed by atoms with E-state index in [2.05, 4.69) is 9.97 Å². The average molecular weight is 282 g/mol. The zero-order valence-corrected chi connectivity index (χ0v) is 11.4. The Balaban J connectivity index is 2.18. The lowest BCUT2D eigenvalue weighted by molar-refractivity contribution is 0.416. The number of hydrogen-bond donors (Lipinski definition) is 3. The Morgan fingerprint density at radius 2 is 1.76 bits per heavy atom. The Hall–Kier alpha value is -2.95. The van der Waals surface area contributed by atoms with E-state index in [4.69, 9.17) is 4.74 Å². The van der Waals surface area contributed by atoms with Crippen molar-refractivity contribution in [3.05, 3.63) is 59.0 Å². The van der Waals surface area contributed by atoms with Crippen molar-refractivity contribution in [1.29, 1.82) is 0 Å². The third-order valence-corrected chi connectivity index (χ3v) is 3.28. The van der Waals surface area contributed by atoms with Crippen molar-refractivity contribution in [2.45, 2.75) is 0 Å². The summed E-state index contributed by atoms with van der Waals surface area (Å²) >= 11 is 0. The van der Waals surface area contributed by atoms with E-state index in [1.807, 2.05) is 42.5 Å². The molecule has 1 aromatic heterocycles. The number of rotatable bonds is 3. The molecule has 0 saturated heterocycles. The number of aromatic hydroxyl groups is 1. The summed E-state index contributed by atoms with van der Waals surface area (Å²) in [4.78, 5) is 16.1. The van der Waals surface area contributed by atoms with Gasteiger partial charge in [0, 0.05) is 11.1 Å². The van der Waals surface area contributed by atoms with Gasteiger partial charge in [0.1, 0.15) is 11.4 Å². The second-order valence-electron chi connectivity index (χ2n) is 4.58. The first-order chi connectivity index (χ1) is 10.2. The molecule has 0 spiro atoms. The van der Waals surface area contributed by atoms with Gasteiger partial charge in [-0.2, -0.15) is 0 Å². The second-order valence-corrected chi connectivity index (χ2v) is 4.58. The van der Waals surface area contributed by atoms with Crippen LogP contribution in [0.5, 0.6) is 11.6 Å². The molecule has 0 unspecified atom stereocenters. The number of aromatic nitrogens is 2. The smallest absolute Gasteiger partial charge is 0.326 e. The molecule has 0 amide bonds. The van der Waals surface area contributed by atoms with Crippen molar-refractivity contribution >= 4 is 0 Å². The van der Waals surface area contributed by atoms with E-state index in [0.29, 0.717) is 11.3 Å². The molecule has 21 heavy (non-hydrogen) atoms. The van der Waals surface area contributed by atoms with Crippen LogP contribution >= 0.6 is 0 Å². The van der Waals surface area contributed by atoms with Crippen LogP contribution in [0.2, 0.25) is 0 Å². The number of nitrogens with one attached hydrogen (secondary N) is 2. The minimum absolute atomic E-state index is 0.177. The van der Waals surface area contributed by atoms with Crippen molar-refractivity contribution in [1.82, 2.24) is 9.97 Å². The van der Waals surface area contributed by atoms with Crippen molar-refractivity contribution in [2.24, 2.45) is 0 Å². The molecule has 1 heterocycles. The normalized spacial score (nSPS) is 10.5. The van der Waals surface area contributed by atoms with Gasteiger partial charge in [-0.15, -0.1) is 0 Å². The zero-order chi connectivity index (χ0) is 14.8. The van der Waals surface area contributed by atoms with E-state index in [0.717, 1.165) is 16.9 Å². The molecule has 0 atom stereocenters. The molecular formula is C16H14N2O3. The number of aromatic amines is 2. The van der Waals surface area contributed by atoms with Gasteiger partial charge in [-0.25, -0.2) is 4.79 Å². The lowest BCUT2D eigenvalue weighted by atomic mass is 10.0. The molecule has 0 aliphatic rings. The number of imidazole rings is 1. The minimum Gasteiger partial charge on any atom is -0.496 e. The van der Waals surface area contributed by atoms with E-state index in [1.165, 1.54) is 0 Å². The van der Waals surface area contributed by atoms with Crippen LogP contribution in [0.25, 0.3) is 22.4 Å². The second kappa shape index (κ2) is 5.20. The molecule has 0 saturated carbocycles. The molecule has 5 heteroatoms. The van der Waals surface area contributed by atoms with Crippen LogP contribution in [-0.4, -0.2) is 22.2 Å². The van der Waals surface area contributed by atoms with E-state index in [9.17, 15) is 9.90 Å². The largest absolute Gasteiger partial charge is 0.496 e. The van der Waals surface area contributed by atoms with Crippen molar-refractivity contribution in [3.63, 3.8) is 0 Å². The van der Waals surface area contributed by atoms with E-state index in [1.54, 1.807) is 13.2 Å². The summed E-state index contributed by atoms with van der Waals surface area (Å²) < 4.78 is 5.38. The van der Waals surface area contributed by atoms with E-state index >= 15 is 0 Å². The van der Waals surface area contributed by atoms with Crippen LogP contribution in [-0.2, 0) is 0 Å². The van der Waals surface area contributed by atoms with Crippen molar-refractivity contribution in [2.75, 3.05) is 7.11 Å². The lowest BCUT2D eigenvalue weighted by Crippen LogP contribution is -2.00. The van der Waals surface area contributed by atoms with Crippen LogP contribution < -0.4 is 10.4 Å². The molecule has 106 valence electrons. The van der Waals surface area contributed by atoms with Gasteiger partial charge in [0.05, 0.1) is 7.11 Å². The predicted octanol–water partition coefficient (Wildman–Crippen LogP) is 2.75. The van der Waals surface area contributed by atoms with E-state index < -0.39 is 5.69 Å². The van der Waals surface area contributed by atoms with Crippen LogP contribution in [0.3, 0.4) is 0 Å². The summed E-state index contributed by atoms with van der Waals surface area (Å²) in [6.07, 6.45) is 0. The standard InChI is InChI=1S/C16H14N2O3/c1-21-13-8-7-11(14-15(19)18-16(20)17-14)9-12(13)10-5-3-2-4-6-10/h2-9,19H,1H3,(H2,17,18,20). The highest BCUT2D eigenvalue weighted by molar-refractivity contribution is 5.77. The van der Waals surface area contributed by atoms with Crippen molar-refractivity contribution in [3.8, 4) is 34.0 Å². The van der Waals surface area contributed by atoms with Gasteiger partial charge < -0.3 is 14.8 Å². The third kappa shape index (κ3) is 2.41. The summed E-state index contributed by atoms with van der Waals surface area (Å²) in [5.74, 6) is 0.548. The van der Waals surface area contributed by atoms with Crippen LogP contribution in [0.15, 0.2) is 53.3 Å². The molecule has 0 aliphatic heterocycles. The van der Waals surface area contributed by atoms with Gasteiger partial charge in [0.15, 0.2) is 0 Å². The molecule has 3 aromatic rings. The Kier molecular flexibility index (Phi) is 3.23. The SMILES string of the molecule is COc1ccc(-c2[nH]c(=O)[nH]c2O)cc1-c1ccccc1. The summed E-state index contributed by atoms with van der Waals surface area (Å²) in [5, 5.41) is 9.75. The topological polar surface area (TPSA) is 78.1 Å². The highest BCUT2D eigenvalue weighted by atomic mass is 16.5. The highest BCUT2D eigenvalue weighted by Crippen LogP contribution is 2.35. The Labute approximate surface area is 120 Å². The number of ether oxygens (including phenoxy) is 1. The predicted molar refractivity (Wildman–Crippen MR) is 80.5 cm³/mol. The molecule has 0 aliphatic carbocycles. The molecule has 2 aromatic carbocycles. The highest BCUT2D eigenvalue weighted by Gasteiger charge is 2.12. The van der Waals surface area contributed by atoms with Gasteiger partial charge in [-0.1, -0.05) is 30.3 Å². The molecule has 0 fully saturated rings. The first-order valence-electron chi connectivity index (χ1n) is 6.44. The van der Waals surface area contributed by atoms with Crippen molar-refractivity contribution < 1.29 is 9.84 Å². The minimum atomic E-state index is -0.445. The number of benzene rings is 2. The number of hydrogen-bond acceptors (Lipinski definition) is 3. The summed E-state index contributed by atoms with van der Waals surface area (Å²) in [6, 6.07) is 15.2. The van der Waals surface area contributed by atoms with Gasteiger partial charge in [0.25, 0.3) is 0 Å². The fraction of sp³-hybridized carbons (Fsp3) is 0.0625. The fourth-order valence-electron chi connectivity index (χ4n) is 2.29. The first kappa shape index (κ1) is 13.1. The van der Waals surface area contributed by atoms with Gasteiger partial charge in [-0.05, 0) is 23.8 Å². The maximum absolute atomic E-state index is 11.3. The van der Waals surface area contributed by atoms with Crippen LogP contribution in [0.1, 0.15) is 0 Å². The molecule has 0 radical (unpaired) electrons. The Bertz CT molecular complexity index is 819. The third-order valence-electron chi connectivity index (χ3n) is 3.28. The molecular weight excluding hydrogens is 268 g/mol. The summed E-state index contributed by atoms with van der Waals surface area (Å²) in [6.45, 7) is 0. The number of methoxy groups -OCH3 is 1. The molecule has 5 nitrogen and oxygen atoms in total. The number of H-pyrrole nitrogens is 2. The maximum Gasteiger partial charge on any atom is 0.326 e. The summed E-state index contributed by atoms with van der Waals surface area (Å²) in [7, 11) is 1.61. The van der Waals surface area contributed by atoms with Crippen LogP contribution in [0.4, 0.5) is 0 Å². The average Bonchev–Trinajstić information content (AvgIpc) is 2.86. The Morgan fingerprint density at radius 3 is 2.38 bits per heavy atom. The quantitative estimate of drug-likeness (QED) is 0.691. The molecule has 0 bridgehead atoms. The van der Waals surface area contributed by atoms with Gasteiger partial charge in [0.2, 0.25) is 5.88 Å². The molecule has 3 N–H and O–H groups in total. The summed E-state index contributed by atoms with van der Waals surface area (Å²) in [5.41, 5.74) is 2.50. The first-order valence-corrected chi connectivity index (χ1v) is 6.44. The fourth-order valence-corrected chi connectivity index (χ4v) is 2.29. The Morgan fingerprint density at radius 1 is 1.00 bits per heavy atom. The molecule has 3 rings (SSSR count). The van der Waals surface area contributed by atoms with Gasteiger partial charge in [-0.3, -0.25) is 4.98 Å². The van der Waals surface area contributed by atoms with E-state index in [-0.39, 0.29) is 5.88 Å². The van der Waals surface area contributed by atoms with Gasteiger partial charge >= 0.3 is 5.69 Å². The monoisotopic (exact) mass is 282 g/mol.